The van der Waals surface area contributed by atoms with E-state index >= 15 is 0 Å². The molecule has 2 aromatic heterocycles. The smallest absolute Gasteiger partial charge is 0.232 e. The van der Waals surface area contributed by atoms with Crippen molar-refractivity contribution in [1.29, 1.82) is 0 Å². The van der Waals surface area contributed by atoms with E-state index < -0.39 is 0 Å². The van der Waals surface area contributed by atoms with Gasteiger partial charge in [0.15, 0.2) is 0 Å². The predicted octanol–water partition coefficient (Wildman–Crippen LogP) is 3.14. The van der Waals surface area contributed by atoms with Crippen molar-refractivity contribution in [2.24, 2.45) is 0 Å². The lowest BCUT2D eigenvalue weighted by atomic mass is 10.1. The first-order chi connectivity index (χ1) is 12.7. The van der Waals surface area contributed by atoms with Gasteiger partial charge in [0.05, 0.1) is 5.02 Å². The van der Waals surface area contributed by atoms with E-state index in [0.717, 1.165) is 37.1 Å². The molecule has 0 atom stereocenters. The average molecular weight is 386 g/mol. The van der Waals surface area contributed by atoms with Crippen LogP contribution in [0.2, 0.25) is 5.02 Å². The van der Waals surface area contributed by atoms with Gasteiger partial charge < -0.3 is 9.80 Å². The lowest BCUT2D eigenvalue weighted by Crippen LogP contribution is -2.46. The highest BCUT2D eigenvalue weighted by atomic mass is 35.5. The van der Waals surface area contributed by atoms with Gasteiger partial charge >= 0.3 is 0 Å². The molecule has 0 radical (unpaired) electrons. The molecular weight excluding hydrogens is 370 g/mol. The van der Waals surface area contributed by atoms with Gasteiger partial charge in [-0.2, -0.15) is 9.36 Å². The summed E-state index contributed by atoms with van der Waals surface area (Å²) < 4.78 is 4.24. The van der Waals surface area contributed by atoms with E-state index in [-0.39, 0.29) is 11.6 Å². The Labute approximate surface area is 160 Å². The molecule has 0 saturated carbocycles. The van der Waals surface area contributed by atoms with Crippen LogP contribution < -0.4 is 9.80 Å². The van der Waals surface area contributed by atoms with Crippen LogP contribution in [0.15, 0.2) is 48.7 Å². The highest BCUT2D eigenvalue weighted by molar-refractivity contribution is 7.09. The van der Waals surface area contributed by atoms with Crippen molar-refractivity contribution in [2.45, 2.75) is 0 Å². The van der Waals surface area contributed by atoms with Gasteiger partial charge in [-0.3, -0.25) is 4.79 Å². The summed E-state index contributed by atoms with van der Waals surface area (Å²) in [6.45, 7) is 3.33. The molecular formula is C18H16ClN5OS. The summed E-state index contributed by atoms with van der Waals surface area (Å²) >= 11 is 7.35. The zero-order valence-corrected chi connectivity index (χ0v) is 15.5. The van der Waals surface area contributed by atoms with Crippen LogP contribution in [0, 0.1) is 0 Å². The summed E-state index contributed by atoms with van der Waals surface area (Å²) in [5, 5.41) is 1.18. The highest BCUT2D eigenvalue weighted by Crippen LogP contribution is 2.23. The van der Waals surface area contributed by atoms with Crippen molar-refractivity contribution < 1.29 is 4.79 Å². The molecule has 0 spiro atoms. The maximum absolute atomic E-state index is 12.6. The minimum atomic E-state index is -0.245. The second-order valence-corrected chi connectivity index (χ2v) is 7.01. The number of hydrogen-bond donors (Lipinski definition) is 0. The van der Waals surface area contributed by atoms with E-state index in [2.05, 4.69) is 24.1 Å². The number of ketones is 1. The molecule has 0 N–H and O–H groups in total. The van der Waals surface area contributed by atoms with Gasteiger partial charge in [-0.05, 0) is 24.3 Å². The van der Waals surface area contributed by atoms with Crippen LogP contribution in [0.25, 0.3) is 0 Å². The Balaban J connectivity index is 1.44. The Morgan fingerprint density at radius 3 is 2.46 bits per heavy atom. The second kappa shape index (κ2) is 7.39. The normalized spacial score (nSPS) is 14.5. The summed E-state index contributed by atoms with van der Waals surface area (Å²) in [4.78, 5) is 25.8. The number of piperazine rings is 1. The summed E-state index contributed by atoms with van der Waals surface area (Å²) in [6, 6.07) is 12.9. The monoisotopic (exact) mass is 385 g/mol. The van der Waals surface area contributed by atoms with Crippen LogP contribution in [0.1, 0.15) is 16.2 Å². The Bertz CT molecular complexity index is 909. The van der Waals surface area contributed by atoms with Gasteiger partial charge in [0.1, 0.15) is 5.82 Å². The number of aromatic nitrogens is 3. The average Bonchev–Trinajstić information content (AvgIpc) is 3.19. The molecule has 6 nitrogen and oxygen atoms in total. The van der Waals surface area contributed by atoms with E-state index in [9.17, 15) is 4.79 Å². The fourth-order valence-corrected chi connectivity index (χ4v) is 3.81. The molecule has 132 valence electrons. The molecule has 1 aromatic carbocycles. The number of carbonyl (C=O) groups excluding carboxylic acids is 1. The zero-order chi connectivity index (χ0) is 17.9. The molecule has 1 fully saturated rings. The standard InChI is InChI=1S/C18H16ClN5OS/c19-14-6-2-1-5-13(14)16(25)17-21-18(26-22-17)24-11-9-23(10-12-24)15-7-3-4-8-20-15/h1-8H,9-12H2. The van der Waals surface area contributed by atoms with E-state index in [1.54, 1.807) is 30.5 Å². The number of rotatable bonds is 4. The van der Waals surface area contributed by atoms with Gasteiger partial charge in [0.25, 0.3) is 0 Å². The van der Waals surface area contributed by atoms with Gasteiger partial charge in [-0.1, -0.05) is 29.8 Å². The summed E-state index contributed by atoms with van der Waals surface area (Å²) in [6.07, 6.45) is 1.80. The first kappa shape index (κ1) is 16.9. The van der Waals surface area contributed by atoms with E-state index in [1.807, 2.05) is 18.2 Å². The Hall–Kier alpha value is -2.51. The van der Waals surface area contributed by atoms with E-state index in [4.69, 9.17) is 11.6 Å². The molecule has 1 saturated heterocycles. The first-order valence-electron chi connectivity index (χ1n) is 8.26. The second-order valence-electron chi connectivity index (χ2n) is 5.87. The number of hydrogen-bond acceptors (Lipinski definition) is 7. The topological polar surface area (TPSA) is 62.2 Å². The number of pyridine rings is 1. The van der Waals surface area contributed by atoms with Gasteiger partial charge in [-0.25, -0.2) is 4.98 Å². The maximum Gasteiger partial charge on any atom is 0.232 e. The van der Waals surface area contributed by atoms with Crippen LogP contribution in [0.5, 0.6) is 0 Å². The molecule has 0 amide bonds. The third-order valence-electron chi connectivity index (χ3n) is 4.26. The Morgan fingerprint density at radius 2 is 1.73 bits per heavy atom. The molecule has 0 bridgehead atoms. The first-order valence-corrected chi connectivity index (χ1v) is 9.41. The van der Waals surface area contributed by atoms with Crippen molar-refractivity contribution in [3.63, 3.8) is 0 Å². The minimum absolute atomic E-state index is 0.199. The van der Waals surface area contributed by atoms with Crippen LogP contribution >= 0.6 is 23.1 Å². The maximum atomic E-state index is 12.6. The molecule has 8 heteroatoms. The molecule has 3 heterocycles. The van der Waals surface area contributed by atoms with Gasteiger partial charge in [0, 0.05) is 49.5 Å². The molecule has 0 unspecified atom stereocenters. The van der Waals surface area contributed by atoms with E-state index in [1.165, 1.54) is 11.5 Å². The minimum Gasteiger partial charge on any atom is -0.353 e. The fourth-order valence-electron chi connectivity index (χ4n) is 2.87. The van der Waals surface area contributed by atoms with Crippen LogP contribution in [-0.4, -0.2) is 46.3 Å². The van der Waals surface area contributed by atoms with Crippen LogP contribution in [-0.2, 0) is 0 Å². The summed E-state index contributed by atoms with van der Waals surface area (Å²) in [5.41, 5.74) is 0.429. The van der Waals surface area contributed by atoms with Gasteiger partial charge in [0.2, 0.25) is 16.7 Å². The number of nitrogens with zero attached hydrogens (tertiary/aromatic N) is 5. The SMILES string of the molecule is O=C(c1nsc(N2CCN(c3ccccn3)CC2)n1)c1ccccc1Cl. The largest absolute Gasteiger partial charge is 0.353 e. The number of halogens is 1. The molecule has 1 aliphatic rings. The fraction of sp³-hybridized carbons (Fsp3) is 0.222. The Kier molecular flexibility index (Phi) is 4.81. The lowest BCUT2D eigenvalue weighted by molar-refractivity contribution is 0.103. The third-order valence-corrected chi connectivity index (χ3v) is 5.37. The molecule has 0 aliphatic carbocycles. The summed E-state index contributed by atoms with van der Waals surface area (Å²) in [7, 11) is 0. The molecule has 26 heavy (non-hydrogen) atoms. The number of carbonyl (C=O) groups is 1. The van der Waals surface area contributed by atoms with Gasteiger partial charge in [-0.15, -0.1) is 0 Å². The van der Waals surface area contributed by atoms with Crippen molar-refractivity contribution in [3.8, 4) is 0 Å². The third kappa shape index (κ3) is 3.40. The van der Waals surface area contributed by atoms with Crippen molar-refractivity contribution in [2.75, 3.05) is 36.0 Å². The lowest BCUT2D eigenvalue weighted by Gasteiger charge is -2.34. The van der Waals surface area contributed by atoms with Crippen molar-refractivity contribution in [1.82, 2.24) is 14.3 Å². The Morgan fingerprint density at radius 1 is 1.00 bits per heavy atom. The molecule has 3 aromatic rings. The molecule has 1 aliphatic heterocycles. The summed E-state index contributed by atoms with van der Waals surface area (Å²) in [5.74, 6) is 0.939. The highest BCUT2D eigenvalue weighted by Gasteiger charge is 2.23. The number of benzene rings is 1. The quantitative estimate of drug-likeness (QED) is 0.643. The number of anilines is 2. The van der Waals surface area contributed by atoms with Crippen molar-refractivity contribution in [3.05, 3.63) is 65.1 Å². The van der Waals surface area contributed by atoms with Crippen LogP contribution in [0.3, 0.4) is 0 Å². The molecule has 4 rings (SSSR count). The van der Waals surface area contributed by atoms with Crippen molar-refractivity contribution >= 4 is 39.9 Å². The van der Waals surface area contributed by atoms with Crippen LogP contribution in [0.4, 0.5) is 10.9 Å². The zero-order valence-electron chi connectivity index (χ0n) is 13.9. The predicted molar refractivity (Wildman–Crippen MR) is 103 cm³/mol. The van der Waals surface area contributed by atoms with E-state index in [0.29, 0.717) is 10.6 Å².